The van der Waals surface area contributed by atoms with E-state index in [2.05, 4.69) is 24.5 Å². The molecule has 0 spiro atoms. The van der Waals surface area contributed by atoms with Crippen LogP contribution >= 0.6 is 0 Å². The molecule has 6 nitrogen and oxygen atoms in total. The molecular weight excluding hydrogens is 426 g/mol. The van der Waals surface area contributed by atoms with Crippen molar-refractivity contribution in [3.63, 3.8) is 0 Å². The van der Waals surface area contributed by atoms with Gasteiger partial charge in [0.25, 0.3) is 5.91 Å². The van der Waals surface area contributed by atoms with Gasteiger partial charge >= 0.3 is 0 Å². The minimum absolute atomic E-state index is 0.213. The molecule has 6 heteroatoms. The van der Waals surface area contributed by atoms with Crippen molar-refractivity contribution >= 4 is 23.1 Å². The van der Waals surface area contributed by atoms with E-state index in [-0.39, 0.29) is 17.2 Å². The Balaban J connectivity index is 1.61. The molecule has 0 aliphatic carbocycles. The minimum atomic E-state index is -0.357. The van der Waals surface area contributed by atoms with Crippen molar-refractivity contribution in [1.29, 1.82) is 5.26 Å². The lowest BCUT2D eigenvalue weighted by Crippen LogP contribution is -2.43. The third-order valence-electron chi connectivity index (χ3n) is 5.65. The number of nitrogens with one attached hydrogen (secondary N) is 2. The summed E-state index contributed by atoms with van der Waals surface area (Å²) in [5.74, 6) is 0.150. The van der Waals surface area contributed by atoms with Crippen LogP contribution in [0.25, 0.3) is 5.70 Å². The van der Waals surface area contributed by atoms with Gasteiger partial charge in [0.05, 0.1) is 18.7 Å². The number of rotatable bonds is 5. The van der Waals surface area contributed by atoms with Gasteiger partial charge in [-0.3, -0.25) is 9.59 Å². The number of anilines is 1. The highest BCUT2D eigenvalue weighted by Gasteiger charge is 2.28. The molecule has 34 heavy (non-hydrogen) atoms. The number of nitriles is 1. The lowest BCUT2D eigenvalue weighted by molar-refractivity contribution is 0.102. The van der Waals surface area contributed by atoms with Crippen molar-refractivity contribution in [3.05, 3.63) is 101 Å². The molecule has 0 atom stereocenters. The van der Waals surface area contributed by atoms with Crippen molar-refractivity contribution in [3.8, 4) is 11.8 Å². The average Bonchev–Trinajstić information content (AvgIpc) is 2.83. The molecule has 3 aromatic rings. The van der Waals surface area contributed by atoms with Gasteiger partial charge in [0.2, 0.25) is 0 Å². The fourth-order valence-electron chi connectivity index (χ4n) is 4.05. The molecule has 0 saturated carbocycles. The summed E-state index contributed by atoms with van der Waals surface area (Å²) in [5, 5.41) is 15.3. The summed E-state index contributed by atoms with van der Waals surface area (Å²) in [4.78, 5) is 25.9. The maximum atomic E-state index is 13.2. The lowest BCUT2D eigenvalue weighted by atomic mass is 9.85. The standard InChI is InChI=1S/C28H25N3O3/c1-28(2)16-21-10-11-23(34-3)14-24(21)25(31-28)15-26(32)19-7-5-8-20(13-19)27(33)30-22-9-4-6-18(12-22)17-29/h4-15,31H,16H2,1-3H3,(H,30,33)/b25-15-. The van der Waals surface area contributed by atoms with Crippen LogP contribution < -0.4 is 15.4 Å². The molecule has 0 aromatic heterocycles. The van der Waals surface area contributed by atoms with E-state index in [0.29, 0.717) is 22.4 Å². The first-order valence-electron chi connectivity index (χ1n) is 10.9. The second-order valence-corrected chi connectivity index (χ2v) is 8.86. The molecule has 0 radical (unpaired) electrons. The fourth-order valence-corrected chi connectivity index (χ4v) is 4.05. The monoisotopic (exact) mass is 451 g/mol. The Morgan fingerprint density at radius 1 is 1.06 bits per heavy atom. The zero-order valence-corrected chi connectivity index (χ0v) is 19.3. The molecular formula is C28H25N3O3. The van der Waals surface area contributed by atoms with Gasteiger partial charge in [0.1, 0.15) is 5.75 Å². The number of hydrogen-bond acceptors (Lipinski definition) is 5. The van der Waals surface area contributed by atoms with Crippen LogP contribution in [0.1, 0.15) is 51.3 Å². The van der Waals surface area contributed by atoms with Crippen molar-refractivity contribution in [2.45, 2.75) is 25.8 Å². The molecule has 0 unspecified atom stereocenters. The smallest absolute Gasteiger partial charge is 0.255 e. The number of amides is 1. The second kappa shape index (κ2) is 9.24. The molecule has 4 rings (SSSR count). The number of ketones is 1. The van der Waals surface area contributed by atoms with Crippen molar-refractivity contribution in [2.24, 2.45) is 0 Å². The van der Waals surface area contributed by atoms with Crippen molar-refractivity contribution < 1.29 is 14.3 Å². The van der Waals surface area contributed by atoms with Gasteiger partial charge in [-0.05, 0) is 68.3 Å². The molecule has 2 N–H and O–H groups in total. The number of methoxy groups -OCH3 is 1. The second-order valence-electron chi connectivity index (χ2n) is 8.86. The summed E-state index contributed by atoms with van der Waals surface area (Å²) >= 11 is 0. The summed E-state index contributed by atoms with van der Waals surface area (Å²) in [6, 6.07) is 21.2. The Bertz CT molecular complexity index is 1350. The van der Waals surface area contributed by atoms with Gasteiger partial charge in [0.15, 0.2) is 5.78 Å². The van der Waals surface area contributed by atoms with Gasteiger partial charge in [-0.25, -0.2) is 0 Å². The van der Waals surface area contributed by atoms with Crippen LogP contribution in [-0.4, -0.2) is 24.3 Å². The summed E-state index contributed by atoms with van der Waals surface area (Å²) in [5.41, 5.74) is 4.29. The van der Waals surface area contributed by atoms with Crippen molar-refractivity contribution in [1.82, 2.24) is 5.32 Å². The maximum absolute atomic E-state index is 13.2. The molecule has 0 saturated heterocycles. The summed E-state index contributed by atoms with van der Waals surface area (Å²) in [6.07, 6.45) is 2.40. The van der Waals surface area contributed by atoms with Crippen LogP contribution in [0.5, 0.6) is 5.75 Å². The molecule has 0 fully saturated rings. The topological polar surface area (TPSA) is 91.2 Å². The van der Waals surface area contributed by atoms with E-state index in [1.807, 2.05) is 24.3 Å². The van der Waals surface area contributed by atoms with Crippen LogP contribution in [0.4, 0.5) is 5.69 Å². The van der Waals surface area contributed by atoms with Gasteiger partial charge < -0.3 is 15.4 Å². The molecule has 1 heterocycles. The molecule has 1 aliphatic heterocycles. The normalized spacial score (nSPS) is 14.9. The Labute approximate surface area is 198 Å². The number of fused-ring (bicyclic) bond motifs is 1. The third kappa shape index (κ3) is 5.00. The fraction of sp³-hybridized carbons (Fsp3) is 0.179. The Morgan fingerprint density at radius 2 is 1.82 bits per heavy atom. The predicted molar refractivity (Wildman–Crippen MR) is 132 cm³/mol. The number of carbonyl (C=O) groups is 2. The number of hydrogen-bond donors (Lipinski definition) is 2. The first kappa shape index (κ1) is 22.8. The molecule has 1 aliphatic rings. The maximum Gasteiger partial charge on any atom is 0.255 e. The summed E-state index contributed by atoms with van der Waals surface area (Å²) in [6.45, 7) is 4.18. The van der Waals surface area contributed by atoms with Crippen LogP contribution in [0.2, 0.25) is 0 Å². The predicted octanol–water partition coefficient (Wildman–Crippen LogP) is 4.97. The van der Waals surface area contributed by atoms with E-state index in [1.54, 1.807) is 61.7 Å². The van der Waals surface area contributed by atoms with Crippen LogP contribution in [0, 0.1) is 11.3 Å². The highest BCUT2D eigenvalue weighted by molar-refractivity contribution is 6.11. The Morgan fingerprint density at radius 3 is 2.59 bits per heavy atom. The van der Waals surface area contributed by atoms with E-state index in [0.717, 1.165) is 29.0 Å². The number of benzene rings is 3. The van der Waals surface area contributed by atoms with Gasteiger partial charge in [0, 0.05) is 39.7 Å². The average molecular weight is 452 g/mol. The summed E-state index contributed by atoms with van der Waals surface area (Å²) in [7, 11) is 1.61. The number of nitrogens with zero attached hydrogens (tertiary/aromatic N) is 1. The van der Waals surface area contributed by atoms with Crippen LogP contribution in [0.3, 0.4) is 0 Å². The minimum Gasteiger partial charge on any atom is -0.497 e. The molecule has 170 valence electrons. The van der Waals surface area contributed by atoms with Crippen LogP contribution in [0.15, 0.2) is 72.8 Å². The SMILES string of the molecule is COc1ccc2c(c1)/C(=C/C(=O)c1cccc(C(=O)Nc3cccc(C#N)c3)c1)NC(C)(C)C2. The molecule has 0 bridgehead atoms. The van der Waals surface area contributed by atoms with Gasteiger partial charge in [-0.15, -0.1) is 0 Å². The summed E-state index contributed by atoms with van der Waals surface area (Å²) < 4.78 is 5.37. The van der Waals surface area contributed by atoms with Gasteiger partial charge in [-0.1, -0.05) is 24.3 Å². The van der Waals surface area contributed by atoms with Gasteiger partial charge in [-0.2, -0.15) is 5.26 Å². The first-order valence-corrected chi connectivity index (χ1v) is 10.9. The highest BCUT2D eigenvalue weighted by Crippen LogP contribution is 2.32. The third-order valence-corrected chi connectivity index (χ3v) is 5.65. The number of allylic oxidation sites excluding steroid dienone is 1. The molecule has 1 amide bonds. The van der Waals surface area contributed by atoms with E-state index in [4.69, 9.17) is 10.00 Å². The van der Waals surface area contributed by atoms with E-state index >= 15 is 0 Å². The van der Waals surface area contributed by atoms with Crippen LogP contribution in [-0.2, 0) is 6.42 Å². The van der Waals surface area contributed by atoms with E-state index < -0.39 is 0 Å². The zero-order valence-electron chi connectivity index (χ0n) is 19.3. The highest BCUT2D eigenvalue weighted by atomic mass is 16.5. The number of carbonyl (C=O) groups excluding carboxylic acids is 2. The lowest BCUT2D eigenvalue weighted by Gasteiger charge is -2.35. The van der Waals surface area contributed by atoms with Crippen molar-refractivity contribution in [2.75, 3.05) is 12.4 Å². The van der Waals surface area contributed by atoms with E-state index in [1.165, 1.54) is 0 Å². The number of ether oxygens (including phenoxy) is 1. The Hall–Kier alpha value is -4.37. The quantitative estimate of drug-likeness (QED) is 0.422. The zero-order chi connectivity index (χ0) is 24.3. The first-order chi connectivity index (χ1) is 16.3. The Kier molecular flexibility index (Phi) is 6.20. The largest absolute Gasteiger partial charge is 0.497 e. The van der Waals surface area contributed by atoms with E-state index in [9.17, 15) is 9.59 Å². The molecule has 3 aromatic carbocycles.